The van der Waals surface area contributed by atoms with Crippen molar-refractivity contribution in [3.8, 4) is 12.1 Å². The van der Waals surface area contributed by atoms with Gasteiger partial charge in [0.05, 0.1) is 17.8 Å². The Morgan fingerprint density at radius 2 is 1.62 bits per heavy atom. The molecule has 4 nitrogen and oxygen atoms in total. The van der Waals surface area contributed by atoms with E-state index in [1.54, 1.807) is 42.5 Å². The number of nitriles is 2. The summed E-state index contributed by atoms with van der Waals surface area (Å²) in [7, 11) is 0. The van der Waals surface area contributed by atoms with Gasteiger partial charge in [-0.25, -0.2) is 0 Å². The molecule has 0 spiro atoms. The Labute approximate surface area is 148 Å². The molecule has 2 aromatic carbocycles. The van der Waals surface area contributed by atoms with Crippen LogP contribution in [0, 0.1) is 22.7 Å². The summed E-state index contributed by atoms with van der Waals surface area (Å²) in [6.45, 7) is 0.304. The molecule has 6 heteroatoms. The second-order valence-corrected chi connectivity index (χ2v) is 6.03. The van der Waals surface area contributed by atoms with Gasteiger partial charge in [-0.05, 0) is 35.9 Å². The van der Waals surface area contributed by atoms with Crippen molar-refractivity contribution >= 4 is 40.4 Å². The van der Waals surface area contributed by atoms with Crippen LogP contribution < -0.4 is 4.90 Å². The summed E-state index contributed by atoms with van der Waals surface area (Å²) >= 11 is 11.9. The molecule has 3 rings (SSSR count). The van der Waals surface area contributed by atoms with E-state index >= 15 is 0 Å². The number of amides is 1. The van der Waals surface area contributed by atoms with Crippen LogP contribution in [0.25, 0.3) is 5.57 Å². The maximum Gasteiger partial charge on any atom is 0.261 e. The van der Waals surface area contributed by atoms with Crippen LogP contribution in [-0.2, 0) is 11.3 Å². The smallest absolute Gasteiger partial charge is 0.261 e. The van der Waals surface area contributed by atoms with Gasteiger partial charge in [-0.1, -0.05) is 35.3 Å². The number of benzene rings is 2. The molecule has 0 N–H and O–H groups in total. The molecular formula is C18H9Cl2N3O. The quantitative estimate of drug-likeness (QED) is 0.595. The van der Waals surface area contributed by atoms with Gasteiger partial charge in [-0.3, -0.25) is 4.79 Å². The largest absolute Gasteiger partial charge is 0.303 e. The van der Waals surface area contributed by atoms with Crippen LogP contribution in [0.1, 0.15) is 11.1 Å². The van der Waals surface area contributed by atoms with Crippen LogP contribution >= 0.6 is 23.2 Å². The van der Waals surface area contributed by atoms with Gasteiger partial charge in [0.25, 0.3) is 5.91 Å². The van der Waals surface area contributed by atoms with Gasteiger partial charge in [-0.15, -0.1) is 0 Å². The Bertz CT molecular complexity index is 934. The zero-order valence-corrected chi connectivity index (χ0v) is 13.8. The van der Waals surface area contributed by atoms with Crippen molar-refractivity contribution in [2.24, 2.45) is 0 Å². The van der Waals surface area contributed by atoms with Crippen molar-refractivity contribution in [3.05, 3.63) is 69.2 Å². The van der Waals surface area contributed by atoms with Crippen LogP contribution in [0.4, 0.5) is 5.69 Å². The van der Waals surface area contributed by atoms with E-state index in [-0.39, 0.29) is 17.1 Å². The van der Waals surface area contributed by atoms with E-state index in [1.807, 2.05) is 12.1 Å². The van der Waals surface area contributed by atoms with E-state index in [2.05, 4.69) is 0 Å². The van der Waals surface area contributed by atoms with E-state index in [0.29, 0.717) is 27.8 Å². The Balaban J connectivity index is 2.12. The SMILES string of the molecule is N#CC(C#N)=C1C(=O)N(Cc2ccc(Cl)cc2)c2ccc(Cl)cc21. The van der Waals surface area contributed by atoms with Gasteiger partial charge >= 0.3 is 0 Å². The number of hydrogen-bond donors (Lipinski definition) is 0. The molecule has 1 aliphatic rings. The predicted molar refractivity (Wildman–Crippen MR) is 92.2 cm³/mol. The molecular weight excluding hydrogens is 345 g/mol. The fourth-order valence-electron chi connectivity index (χ4n) is 2.61. The second kappa shape index (κ2) is 6.37. The molecule has 0 bridgehead atoms. The molecule has 1 heterocycles. The number of hydrogen-bond acceptors (Lipinski definition) is 3. The fourth-order valence-corrected chi connectivity index (χ4v) is 2.91. The van der Waals surface area contributed by atoms with Crippen LogP contribution in [0.15, 0.2) is 48.0 Å². The maximum atomic E-state index is 12.8. The average molecular weight is 354 g/mol. The number of fused-ring (bicyclic) bond motifs is 1. The Hall–Kier alpha value is -2.79. The van der Waals surface area contributed by atoms with E-state index < -0.39 is 0 Å². The maximum absolute atomic E-state index is 12.8. The van der Waals surface area contributed by atoms with Crippen molar-refractivity contribution in [2.75, 3.05) is 4.90 Å². The summed E-state index contributed by atoms with van der Waals surface area (Å²) in [5.41, 5.74) is 1.87. The molecule has 24 heavy (non-hydrogen) atoms. The third-order valence-electron chi connectivity index (χ3n) is 3.71. The van der Waals surface area contributed by atoms with Gasteiger partial charge < -0.3 is 4.90 Å². The minimum atomic E-state index is -0.389. The summed E-state index contributed by atoms with van der Waals surface area (Å²) in [4.78, 5) is 14.3. The van der Waals surface area contributed by atoms with Crippen LogP contribution in [0.5, 0.6) is 0 Å². The zero-order valence-electron chi connectivity index (χ0n) is 12.3. The standard InChI is InChI=1S/C18H9Cl2N3O/c19-13-3-1-11(2-4-13)10-23-16-6-5-14(20)7-15(16)17(18(23)24)12(8-21)9-22/h1-7H,10H2. The zero-order chi connectivity index (χ0) is 17.3. The molecule has 1 aliphatic heterocycles. The van der Waals surface area contributed by atoms with E-state index in [1.165, 1.54) is 4.90 Å². The van der Waals surface area contributed by atoms with Crippen molar-refractivity contribution in [2.45, 2.75) is 6.54 Å². The fraction of sp³-hybridized carbons (Fsp3) is 0.0556. The topological polar surface area (TPSA) is 67.9 Å². The van der Waals surface area contributed by atoms with Gasteiger partial charge in [0.15, 0.2) is 0 Å². The first kappa shape index (κ1) is 16.1. The predicted octanol–water partition coefficient (Wildman–Crippen LogP) is 4.34. The highest BCUT2D eigenvalue weighted by Crippen LogP contribution is 2.40. The summed E-state index contributed by atoms with van der Waals surface area (Å²) < 4.78 is 0. The first-order valence-electron chi connectivity index (χ1n) is 6.96. The van der Waals surface area contributed by atoms with E-state index in [9.17, 15) is 4.79 Å². The number of nitrogens with zero attached hydrogens (tertiary/aromatic N) is 3. The molecule has 0 radical (unpaired) electrons. The van der Waals surface area contributed by atoms with E-state index in [4.69, 9.17) is 33.7 Å². The molecule has 2 aromatic rings. The van der Waals surface area contributed by atoms with Crippen molar-refractivity contribution < 1.29 is 4.79 Å². The summed E-state index contributed by atoms with van der Waals surface area (Å²) in [5.74, 6) is -0.389. The Morgan fingerprint density at radius 1 is 1.00 bits per heavy atom. The molecule has 0 aliphatic carbocycles. The minimum absolute atomic E-state index is 0.0893. The van der Waals surface area contributed by atoms with Crippen LogP contribution in [0.3, 0.4) is 0 Å². The molecule has 0 fully saturated rings. The molecule has 0 atom stereocenters. The van der Waals surface area contributed by atoms with Crippen molar-refractivity contribution in [3.63, 3.8) is 0 Å². The first-order chi connectivity index (χ1) is 11.5. The highest BCUT2D eigenvalue weighted by molar-refractivity contribution is 6.36. The number of halogens is 2. The monoisotopic (exact) mass is 353 g/mol. The molecule has 1 amide bonds. The molecule has 0 saturated carbocycles. The normalized spacial score (nSPS) is 12.6. The molecule has 0 saturated heterocycles. The Morgan fingerprint density at radius 3 is 2.25 bits per heavy atom. The van der Waals surface area contributed by atoms with Crippen LogP contribution in [0.2, 0.25) is 10.0 Å². The highest BCUT2D eigenvalue weighted by Gasteiger charge is 2.35. The van der Waals surface area contributed by atoms with Gasteiger partial charge in [-0.2, -0.15) is 10.5 Å². The van der Waals surface area contributed by atoms with Gasteiger partial charge in [0, 0.05) is 15.6 Å². The third kappa shape index (κ3) is 2.74. The molecule has 0 unspecified atom stereocenters. The highest BCUT2D eigenvalue weighted by atomic mass is 35.5. The number of allylic oxidation sites excluding steroid dienone is 1. The van der Waals surface area contributed by atoms with Gasteiger partial charge in [0.2, 0.25) is 0 Å². The summed E-state index contributed by atoms with van der Waals surface area (Å²) in [5, 5.41) is 19.4. The number of carbonyl (C=O) groups is 1. The van der Waals surface area contributed by atoms with Gasteiger partial charge in [0.1, 0.15) is 17.7 Å². The van der Waals surface area contributed by atoms with Crippen molar-refractivity contribution in [1.82, 2.24) is 0 Å². The minimum Gasteiger partial charge on any atom is -0.303 e. The second-order valence-electron chi connectivity index (χ2n) is 5.15. The average Bonchev–Trinajstić information content (AvgIpc) is 2.83. The third-order valence-corrected chi connectivity index (χ3v) is 4.19. The summed E-state index contributed by atoms with van der Waals surface area (Å²) in [6.07, 6.45) is 0. The number of anilines is 1. The lowest BCUT2D eigenvalue weighted by Crippen LogP contribution is -2.26. The molecule has 116 valence electrons. The van der Waals surface area contributed by atoms with Crippen molar-refractivity contribution in [1.29, 1.82) is 10.5 Å². The first-order valence-corrected chi connectivity index (χ1v) is 7.71. The summed E-state index contributed by atoms with van der Waals surface area (Å²) in [6, 6.07) is 15.7. The lowest BCUT2D eigenvalue weighted by molar-refractivity contribution is -0.113. The van der Waals surface area contributed by atoms with E-state index in [0.717, 1.165) is 5.56 Å². The number of rotatable bonds is 2. The Kier molecular flexibility index (Phi) is 4.27. The number of carbonyl (C=O) groups excluding carboxylic acids is 1. The lowest BCUT2D eigenvalue weighted by atomic mass is 10.0. The molecule has 0 aromatic heterocycles. The van der Waals surface area contributed by atoms with Crippen LogP contribution in [-0.4, -0.2) is 5.91 Å². The lowest BCUT2D eigenvalue weighted by Gasteiger charge is -2.17.